The molecule has 0 bridgehead atoms. The topological polar surface area (TPSA) is 102 Å². The first-order chi connectivity index (χ1) is 16.3. The second kappa shape index (κ2) is 8.99. The van der Waals surface area contributed by atoms with Crippen LogP contribution in [0.15, 0.2) is 41.7 Å². The molecule has 0 radical (unpaired) electrons. The molecule has 0 aliphatic carbocycles. The van der Waals surface area contributed by atoms with E-state index in [4.69, 9.17) is 4.98 Å². The van der Waals surface area contributed by atoms with Crippen LogP contribution in [-0.4, -0.2) is 50.8 Å². The van der Waals surface area contributed by atoms with Gasteiger partial charge in [0.15, 0.2) is 5.03 Å². The predicted octanol–water partition coefficient (Wildman–Crippen LogP) is 2.97. The van der Waals surface area contributed by atoms with Gasteiger partial charge in [-0.25, -0.2) is 18.4 Å². The first-order valence-electron chi connectivity index (χ1n) is 11.8. The number of fused-ring (bicyclic) bond motifs is 1. The molecule has 0 spiro atoms. The highest BCUT2D eigenvalue weighted by atomic mass is 32.2. The van der Waals surface area contributed by atoms with Crippen LogP contribution in [0.2, 0.25) is 0 Å². The Morgan fingerprint density at radius 2 is 1.88 bits per heavy atom. The van der Waals surface area contributed by atoms with Crippen molar-refractivity contribution in [1.29, 1.82) is 0 Å². The second-order valence-corrected chi connectivity index (χ2v) is 11.1. The van der Waals surface area contributed by atoms with E-state index in [1.54, 1.807) is 18.5 Å². The van der Waals surface area contributed by atoms with Crippen LogP contribution in [0.25, 0.3) is 11.3 Å². The zero-order valence-corrected chi connectivity index (χ0v) is 20.4. The highest BCUT2D eigenvalue weighted by Crippen LogP contribution is 2.27. The van der Waals surface area contributed by atoms with E-state index in [-0.39, 0.29) is 16.9 Å². The zero-order chi connectivity index (χ0) is 23.9. The number of carbonyl (C=O) groups is 1. The minimum Gasteiger partial charge on any atom is -0.337 e. The molecule has 0 atom stereocenters. The van der Waals surface area contributed by atoms with Gasteiger partial charge in [0.05, 0.1) is 5.69 Å². The summed E-state index contributed by atoms with van der Waals surface area (Å²) >= 11 is 0. The smallest absolute Gasteiger partial charge is 0.262 e. The number of sulfonamides is 1. The SMILES string of the molecule is Cc1nc(S(=O)(=O)N2CCC(C(=O)Nc3cccc(-c4cn5c(n4)CCCC5)c3)CC2)cn1C. The maximum Gasteiger partial charge on any atom is 0.262 e. The van der Waals surface area contributed by atoms with Crippen molar-refractivity contribution in [2.75, 3.05) is 18.4 Å². The fourth-order valence-electron chi connectivity index (χ4n) is 4.69. The predicted molar refractivity (Wildman–Crippen MR) is 129 cm³/mol. The van der Waals surface area contributed by atoms with Crippen LogP contribution < -0.4 is 5.32 Å². The number of aromatic nitrogens is 4. The first-order valence-corrected chi connectivity index (χ1v) is 13.2. The summed E-state index contributed by atoms with van der Waals surface area (Å²) < 4.78 is 31.2. The summed E-state index contributed by atoms with van der Waals surface area (Å²) in [6, 6.07) is 7.76. The quantitative estimate of drug-likeness (QED) is 0.602. The highest BCUT2D eigenvalue weighted by molar-refractivity contribution is 7.89. The summed E-state index contributed by atoms with van der Waals surface area (Å²) in [5.74, 6) is 1.46. The number of imidazole rings is 2. The highest BCUT2D eigenvalue weighted by Gasteiger charge is 2.33. The summed E-state index contributed by atoms with van der Waals surface area (Å²) in [6.45, 7) is 3.38. The molecule has 1 N–H and O–H groups in total. The van der Waals surface area contributed by atoms with Gasteiger partial charge in [0.2, 0.25) is 5.91 Å². The number of aryl methyl sites for hydroxylation is 4. The third kappa shape index (κ3) is 4.39. The van der Waals surface area contributed by atoms with Crippen molar-refractivity contribution < 1.29 is 13.2 Å². The lowest BCUT2D eigenvalue weighted by Gasteiger charge is -2.30. The van der Waals surface area contributed by atoms with Crippen molar-refractivity contribution >= 4 is 21.6 Å². The van der Waals surface area contributed by atoms with Gasteiger partial charge < -0.3 is 14.5 Å². The number of nitrogens with one attached hydrogen (secondary N) is 1. The Balaban J connectivity index is 1.22. The summed E-state index contributed by atoms with van der Waals surface area (Å²) in [5, 5.41) is 3.09. The summed E-state index contributed by atoms with van der Waals surface area (Å²) in [6.07, 6.45) is 7.94. The molecule has 1 aromatic carbocycles. The number of anilines is 1. The number of piperidine rings is 1. The molecule has 2 aromatic heterocycles. The number of benzene rings is 1. The van der Waals surface area contributed by atoms with Gasteiger partial charge in [0.1, 0.15) is 11.6 Å². The van der Waals surface area contributed by atoms with Crippen LogP contribution in [0.1, 0.15) is 37.3 Å². The molecule has 4 heterocycles. The number of carbonyl (C=O) groups excluding carboxylic acids is 1. The van der Waals surface area contributed by atoms with Gasteiger partial charge in [-0.05, 0) is 44.7 Å². The van der Waals surface area contributed by atoms with Crippen LogP contribution in [0.3, 0.4) is 0 Å². The molecule has 1 amide bonds. The largest absolute Gasteiger partial charge is 0.337 e. The Morgan fingerprint density at radius 1 is 1.09 bits per heavy atom. The normalized spacial score (nSPS) is 17.5. The third-order valence-corrected chi connectivity index (χ3v) is 8.62. The van der Waals surface area contributed by atoms with E-state index in [0.717, 1.165) is 35.7 Å². The fourth-order valence-corrected chi connectivity index (χ4v) is 6.19. The van der Waals surface area contributed by atoms with Crippen LogP contribution in [0.4, 0.5) is 5.69 Å². The first kappa shape index (κ1) is 22.8. The van der Waals surface area contributed by atoms with Gasteiger partial charge in [-0.15, -0.1) is 0 Å². The lowest BCUT2D eigenvalue weighted by atomic mass is 9.97. The molecular formula is C24H30N6O3S. The van der Waals surface area contributed by atoms with E-state index in [2.05, 4.69) is 21.1 Å². The van der Waals surface area contributed by atoms with Gasteiger partial charge in [-0.1, -0.05) is 12.1 Å². The van der Waals surface area contributed by atoms with E-state index in [0.29, 0.717) is 31.8 Å². The molecule has 10 heteroatoms. The lowest BCUT2D eigenvalue weighted by Crippen LogP contribution is -2.41. The minimum atomic E-state index is -3.65. The molecule has 1 fully saturated rings. The van der Waals surface area contributed by atoms with Gasteiger partial charge in [0.25, 0.3) is 10.0 Å². The second-order valence-electron chi connectivity index (χ2n) is 9.18. The lowest BCUT2D eigenvalue weighted by molar-refractivity contribution is -0.120. The van der Waals surface area contributed by atoms with Crippen molar-refractivity contribution in [3.05, 3.63) is 48.3 Å². The number of nitrogens with zero attached hydrogens (tertiary/aromatic N) is 5. The Bertz CT molecular complexity index is 1280. The van der Waals surface area contributed by atoms with E-state index in [9.17, 15) is 13.2 Å². The molecule has 34 heavy (non-hydrogen) atoms. The zero-order valence-electron chi connectivity index (χ0n) is 19.6. The third-order valence-electron chi connectivity index (χ3n) is 6.85. The Kier molecular flexibility index (Phi) is 6.03. The number of amides is 1. The number of rotatable bonds is 5. The van der Waals surface area contributed by atoms with Gasteiger partial charge >= 0.3 is 0 Å². The van der Waals surface area contributed by atoms with Gasteiger partial charge in [0, 0.05) is 62.7 Å². The Hall–Kier alpha value is -2.98. The maximum atomic E-state index is 12.9. The van der Waals surface area contributed by atoms with Crippen LogP contribution in [0.5, 0.6) is 0 Å². The molecule has 0 saturated carbocycles. The van der Waals surface area contributed by atoms with Crippen LogP contribution >= 0.6 is 0 Å². The van der Waals surface area contributed by atoms with Gasteiger partial charge in [-0.3, -0.25) is 4.79 Å². The monoisotopic (exact) mass is 482 g/mol. The summed E-state index contributed by atoms with van der Waals surface area (Å²) in [4.78, 5) is 21.9. The molecule has 0 unspecified atom stereocenters. The van der Waals surface area contributed by atoms with Crippen molar-refractivity contribution in [1.82, 2.24) is 23.4 Å². The van der Waals surface area contributed by atoms with Crippen molar-refractivity contribution in [2.45, 2.75) is 50.6 Å². The van der Waals surface area contributed by atoms with Crippen molar-refractivity contribution in [3.63, 3.8) is 0 Å². The standard InChI is InChI=1S/C24H30N6O3S/c1-17-25-23(16-28(17)2)34(32,33)30-12-9-18(10-13-30)24(31)26-20-7-5-6-19(14-20)21-15-29-11-4-3-8-22(29)27-21/h5-7,14-16,18H,3-4,8-13H2,1-2H3,(H,26,31). The Morgan fingerprint density at radius 3 is 2.59 bits per heavy atom. The average molecular weight is 483 g/mol. The molecule has 5 rings (SSSR count). The van der Waals surface area contributed by atoms with E-state index < -0.39 is 10.0 Å². The molecule has 2 aliphatic heterocycles. The van der Waals surface area contributed by atoms with Crippen LogP contribution in [0, 0.1) is 12.8 Å². The molecular weight excluding hydrogens is 452 g/mol. The number of hydrogen-bond acceptors (Lipinski definition) is 5. The van der Waals surface area contributed by atoms with E-state index in [1.807, 2.05) is 24.3 Å². The molecule has 2 aliphatic rings. The molecule has 180 valence electrons. The van der Waals surface area contributed by atoms with Crippen LogP contribution in [-0.2, 0) is 34.8 Å². The fraction of sp³-hybridized carbons (Fsp3) is 0.458. The molecule has 1 saturated heterocycles. The summed E-state index contributed by atoms with van der Waals surface area (Å²) in [7, 11) is -1.88. The number of hydrogen-bond donors (Lipinski definition) is 1. The Labute approximate surface area is 199 Å². The molecule has 9 nitrogen and oxygen atoms in total. The van der Waals surface area contributed by atoms with E-state index >= 15 is 0 Å². The van der Waals surface area contributed by atoms with Gasteiger partial charge in [-0.2, -0.15) is 4.31 Å². The summed E-state index contributed by atoms with van der Waals surface area (Å²) in [5.41, 5.74) is 2.63. The van der Waals surface area contributed by atoms with Crippen molar-refractivity contribution in [3.8, 4) is 11.3 Å². The molecule has 3 aromatic rings. The van der Waals surface area contributed by atoms with Crippen molar-refractivity contribution in [2.24, 2.45) is 13.0 Å². The maximum absolute atomic E-state index is 12.9. The average Bonchev–Trinajstić information content (AvgIpc) is 3.43. The minimum absolute atomic E-state index is 0.0631. The van der Waals surface area contributed by atoms with E-state index in [1.165, 1.54) is 23.3 Å².